The lowest BCUT2D eigenvalue weighted by molar-refractivity contribution is 0.401. The van der Waals surface area contributed by atoms with Crippen molar-refractivity contribution in [3.63, 3.8) is 0 Å². The SMILES string of the molecule is COc1ccc([C@H]2C(C#N)=C(N)Oc3c2sc2nc(C)cc(C)c32)cc1. The number of ether oxygens (including phenoxy) is 2. The van der Waals surface area contributed by atoms with Crippen molar-refractivity contribution >= 4 is 21.6 Å². The third kappa shape index (κ3) is 2.40. The molecule has 0 amide bonds. The quantitative estimate of drug-likeness (QED) is 0.740. The summed E-state index contributed by atoms with van der Waals surface area (Å²) in [5.74, 6) is 1.36. The van der Waals surface area contributed by atoms with Gasteiger partial charge in [-0.1, -0.05) is 12.1 Å². The molecule has 0 aliphatic carbocycles. The third-order valence-corrected chi connectivity index (χ3v) is 5.70. The molecule has 0 radical (unpaired) electrons. The summed E-state index contributed by atoms with van der Waals surface area (Å²) in [6, 6.07) is 11.9. The number of rotatable bonds is 2. The monoisotopic (exact) mass is 363 g/mol. The van der Waals surface area contributed by atoms with Gasteiger partial charge in [0.05, 0.1) is 23.3 Å². The Morgan fingerprint density at radius 1 is 1.27 bits per heavy atom. The first-order chi connectivity index (χ1) is 12.5. The summed E-state index contributed by atoms with van der Waals surface area (Å²) in [5.41, 5.74) is 9.55. The van der Waals surface area contributed by atoms with Crippen LogP contribution in [0.4, 0.5) is 0 Å². The van der Waals surface area contributed by atoms with Gasteiger partial charge in [0.1, 0.15) is 22.2 Å². The third-order valence-electron chi connectivity index (χ3n) is 4.57. The average Bonchev–Trinajstić information content (AvgIpc) is 2.98. The van der Waals surface area contributed by atoms with Crippen molar-refractivity contribution < 1.29 is 9.47 Å². The summed E-state index contributed by atoms with van der Waals surface area (Å²) >= 11 is 1.55. The van der Waals surface area contributed by atoms with E-state index >= 15 is 0 Å². The second-order valence-corrected chi connectivity index (χ2v) is 7.28. The number of nitriles is 1. The summed E-state index contributed by atoms with van der Waals surface area (Å²) < 4.78 is 11.1. The molecule has 1 aromatic carbocycles. The van der Waals surface area contributed by atoms with E-state index in [0.717, 1.165) is 37.7 Å². The van der Waals surface area contributed by atoms with E-state index in [-0.39, 0.29) is 11.8 Å². The van der Waals surface area contributed by atoms with Gasteiger partial charge < -0.3 is 15.2 Å². The smallest absolute Gasteiger partial charge is 0.205 e. The molecule has 3 heterocycles. The number of methoxy groups -OCH3 is 1. The first kappa shape index (κ1) is 16.4. The molecule has 2 aromatic heterocycles. The fourth-order valence-electron chi connectivity index (χ4n) is 3.39. The highest BCUT2D eigenvalue weighted by atomic mass is 32.1. The van der Waals surface area contributed by atoms with Gasteiger partial charge in [-0.3, -0.25) is 0 Å². The first-order valence-corrected chi connectivity index (χ1v) is 8.97. The zero-order valence-corrected chi connectivity index (χ0v) is 15.5. The predicted molar refractivity (Wildman–Crippen MR) is 101 cm³/mol. The number of nitrogens with two attached hydrogens (primary N) is 1. The topological polar surface area (TPSA) is 81.2 Å². The first-order valence-electron chi connectivity index (χ1n) is 8.15. The van der Waals surface area contributed by atoms with Crippen LogP contribution in [0.3, 0.4) is 0 Å². The standard InChI is InChI=1S/C20H17N3O2S/c1-10-8-11(2)23-20-15(10)17-18(26-20)16(14(9-21)19(22)25-17)12-4-6-13(24-3)7-5-12/h4-8,16H,22H2,1-3H3/t16-/m0/s1. The second-order valence-electron chi connectivity index (χ2n) is 6.25. The number of fused-ring (bicyclic) bond motifs is 3. The van der Waals surface area contributed by atoms with Gasteiger partial charge in [0, 0.05) is 5.69 Å². The van der Waals surface area contributed by atoms with Gasteiger partial charge in [-0.05, 0) is 43.2 Å². The molecule has 0 saturated heterocycles. The van der Waals surface area contributed by atoms with E-state index < -0.39 is 0 Å². The fourth-order valence-corrected chi connectivity index (χ4v) is 4.75. The Morgan fingerprint density at radius 3 is 2.65 bits per heavy atom. The molecule has 0 unspecified atom stereocenters. The molecule has 1 aliphatic heterocycles. The maximum absolute atomic E-state index is 9.69. The zero-order valence-electron chi connectivity index (χ0n) is 14.7. The summed E-state index contributed by atoms with van der Waals surface area (Å²) in [4.78, 5) is 6.51. The number of hydrogen-bond acceptors (Lipinski definition) is 6. The molecule has 3 aromatic rings. The Labute approximate surface area is 155 Å². The number of pyridine rings is 1. The van der Waals surface area contributed by atoms with Crippen LogP contribution in [-0.2, 0) is 0 Å². The van der Waals surface area contributed by atoms with E-state index in [2.05, 4.69) is 11.1 Å². The average molecular weight is 363 g/mol. The van der Waals surface area contributed by atoms with E-state index in [0.29, 0.717) is 11.3 Å². The molecular weight excluding hydrogens is 346 g/mol. The highest BCUT2D eigenvalue weighted by Gasteiger charge is 2.34. The van der Waals surface area contributed by atoms with Gasteiger partial charge in [-0.25, -0.2) is 4.98 Å². The number of benzene rings is 1. The normalized spacial score (nSPS) is 16.2. The van der Waals surface area contributed by atoms with Gasteiger partial charge in [0.25, 0.3) is 0 Å². The fraction of sp³-hybridized carbons (Fsp3) is 0.200. The number of aromatic nitrogens is 1. The Kier molecular flexibility index (Phi) is 3.82. The second kappa shape index (κ2) is 6.04. The number of aryl methyl sites for hydroxylation is 2. The molecule has 0 saturated carbocycles. The van der Waals surface area contributed by atoms with Crippen LogP contribution in [0.25, 0.3) is 10.2 Å². The minimum atomic E-state index is -0.270. The van der Waals surface area contributed by atoms with Crippen LogP contribution in [0.15, 0.2) is 41.8 Å². The molecule has 4 rings (SSSR count). The summed E-state index contributed by atoms with van der Waals surface area (Å²) in [6.07, 6.45) is 0. The van der Waals surface area contributed by atoms with Gasteiger partial charge in [0.15, 0.2) is 5.75 Å². The molecule has 6 heteroatoms. The number of nitrogens with zero attached hydrogens (tertiary/aromatic N) is 2. The summed E-state index contributed by atoms with van der Waals surface area (Å²) in [5, 5.41) is 10.7. The lowest BCUT2D eigenvalue weighted by atomic mass is 9.88. The van der Waals surface area contributed by atoms with Crippen LogP contribution in [0, 0.1) is 25.2 Å². The minimum absolute atomic E-state index is 0.153. The molecule has 0 fully saturated rings. The van der Waals surface area contributed by atoms with E-state index in [1.807, 2.05) is 44.2 Å². The largest absolute Gasteiger partial charge is 0.497 e. The van der Waals surface area contributed by atoms with Crippen LogP contribution in [0.5, 0.6) is 11.5 Å². The van der Waals surface area contributed by atoms with Crippen molar-refractivity contribution in [3.05, 3.63) is 63.5 Å². The Hall–Kier alpha value is -3.04. The van der Waals surface area contributed by atoms with Crippen LogP contribution in [0.1, 0.15) is 27.6 Å². The highest BCUT2D eigenvalue weighted by Crippen LogP contribution is 2.50. The van der Waals surface area contributed by atoms with E-state index in [1.54, 1.807) is 18.4 Å². The van der Waals surface area contributed by atoms with Crippen molar-refractivity contribution in [3.8, 4) is 17.6 Å². The van der Waals surface area contributed by atoms with E-state index in [4.69, 9.17) is 15.2 Å². The van der Waals surface area contributed by atoms with Crippen molar-refractivity contribution in [1.29, 1.82) is 5.26 Å². The minimum Gasteiger partial charge on any atom is -0.497 e. The number of thiophene rings is 1. The van der Waals surface area contributed by atoms with Gasteiger partial charge >= 0.3 is 0 Å². The maximum atomic E-state index is 9.69. The zero-order chi connectivity index (χ0) is 18.4. The summed E-state index contributed by atoms with van der Waals surface area (Å²) in [6.45, 7) is 4.01. The van der Waals surface area contributed by atoms with Crippen LogP contribution < -0.4 is 15.2 Å². The molecule has 1 aliphatic rings. The predicted octanol–water partition coefficient (Wildman–Crippen LogP) is 4.14. The lowest BCUT2D eigenvalue weighted by Crippen LogP contribution is -2.19. The molecule has 26 heavy (non-hydrogen) atoms. The van der Waals surface area contributed by atoms with Crippen molar-refractivity contribution in [2.75, 3.05) is 7.11 Å². The molecule has 2 N–H and O–H groups in total. The Morgan fingerprint density at radius 2 is 2.00 bits per heavy atom. The van der Waals surface area contributed by atoms with Crippen molar-refractivity contribution in [1.82, 2.24) is 4.98 Å². The Balaban J connectivity index is 1.98. The van der Waals surface area contributed by atoms with E-state index in [9.17, 15) is 5.26 Å². The molecule has 130 valence electrons. The van der Waals surface area contributed by atoms with Crippen molar-refractivity contribution in [2.24, 2.45) is 5.73 Å². The Bertz CT molecular complexity index is 1090. The van der Waals surface area contributed by atoms with Crippen LogP contribution in [-0.4, -0.2) is 12.1 Å². The van der Waals surface area contributed by atoms with Crippen molar-refractivity contribution in [2.45, 2.75) is 19.8 Å². The van der Waals surface area contributed by atoms with Crippen LogP contribution in [0.2, 0.25) is 0 Å². The molecule has 5 nitrogen and oxygen atoms in total. The molecule has 0 spiro atoms. The van der Waals surface area contributed by atoms with E-state index in [1.165, 1.54) is 0 Å². The molecule has 0 bridgehead atoms. The maximum Gasteiger partial charge on any atom is 0.205 e. The number of hydrogen-bond donors (Lipinski definition) is 1. The lowest BCUT2D eigenvalue weighted by Gasteiger charge is -2.24. The highest BCUT2D eigenvalue weighted by molar-refractivity contribution is 7.19. The van der Waals surface area contributed by atoms with Gasteiger partial charge in [0.2, 0.25) is 5.88 Å². The van der Waals surface area contributed by atoms with Crippen LogP contribution >= 0.6 is 11.3 Å². The van der Waals surface area contributed by atoms with Gasteiger partial charge in [-0.2, -0.15) is 5.26 Å². The van der Waals surface area contributed by atoms with Gasteiger partial charge in [-0.15, -0.1) is 11.3 Å². The molecular formula is C20H17N3O2S. The number of allylic oxidation sites excluding steroid dienone is 1. The molecule has 1 atom stereocenters. The summed E-state index contributed by atoms with van der Waals surface area (Å²) in [7, 11) is 1.63.